The quantitative estimate of drug-likeness (QED) is 0.296. The second kappa shape index (κ2) is 10.0. The van der Waals surface area contributed by atoms with E-state index in [1.165, 1.54) is 38.6 Å². The highest BCUT2D eigenvalue weighted by atomic mass is 35.5. The third kappa shape index (κ3) is 4.30. The molecule has 2 aliphatic rings. The molecule has 2 unspecified atom stereocenters. The second-order valence-electron chi connectivity index (χ2n) is 8.71. The molecule has 4 heterocycles. The smallest absolute Gasteiger partial charge is 0.308 e. The largest absolute Gasteiger partial charge is 0.324 e. The van der Waals surface area contributed by atoms with E-state index >= 15 is 0 Å². The zero-order chi connectivity index (χ0) is 26.6. The first-order valence-corrected chi connectivity index (χ1v) is 14.8. The van der Waals surface area contributed by atoms with Gasteiger partial charge in [0.2, 0.25) is 17.7 Å². The lowest BCUT2D eigenvalue weighted by atomic mass is 9.87. The van der Waals surface area contributed by atoms with Gasteiger partial charge in [-0.3, -0.25) is 23.7 Å². The average Bonchev–Trinajstić information content (AvgIpc) is 3.59. The van der Waals surface area contributed by atoms with E-state index in [0.29, 0.717) is 31.3 Å². The van der Waals surface area contributed by atoms with Gasteiger partial charge in [-0.1, -0.05) is 70.6 Å². The van der Waals surface area contributed by atoms with E-state index in [1.54, 1.807) is 36.4 Å². The fourth-order valence-corrected chi connectivity index (χ4v) is 8.80. The van der Waals surface area contributed by atoms with Crippen LogP contribution < -0.4 is 15.1 Å². The van der Waals surface area contributed by atoms with Crippen molar-refractivity contribution in [2.45, 2.75) is 22.7 Å². The summed E-state index contributed by atoms with van der Waals surface area (Å²) in [6, 6.07) is 17.4. The maximum absolute atomic E-state index is 13.7. The minimum absolute atomic E-state index is 0.253. The van der Waals surface area contributed by atoms with Crippen LogP contribution in [-0.2, 0) is 20.9 Å². The van der Waals surface area contributed by atoms with Crippen LogP contribution in [0.15, 0.2) is 75.9 Å². The molecule has 7 nitrogen and oxygen atoms in total. The van der Waals surface area contributed by atoms with E-state index in [2.05, 4.69) is 5.32 Å². The molecule has 1 fully saturated rings. The molecule has 4 aromatic rings. The summed E-state index contributed by atoms with van der Waals surface area (Å²) >= 11 is 15.7. The van der Waals surface area contributed by atoms with E-state index in [-0.39, 0.29) is 23.2 Å². The zero-order valence-corrected chi connectivity index (χ0v) is 23.3. The Morgan fingerprint density at radius 3 is 2.45 bits per heavy atom. The Hall–Kier alpha value is -2.89. The van der Waals surface area contributed by atoms with Crippen LogP contribution in [0.4, 0.5) is 11.4 Å². The molecule has 2 aliphatic heterocycles. The standard InChI is InChI=1S/C26H17Cl2N3O4S3/c27-15-9-8-13(11-16(15)28)29-18(32)12-30-25-22(38-26(30)35)19(17-7-4-10-36-17)20-21(37-25)24(34)31(23(20)33)14-5-2-1-3-6-14/h1-11,19-21H,12H2,(H,29,32)/t19-,20?,21?/m1/s1. The summed E-state index contributed by atoms with van der Waals surface area (Å²) in [6.07, 6.45) is 0. The van der Waals surface area contributed by atoms with Crippen LogP contribution in [0.1, 0.15) is 15.7 Å². The molecule has 192 valence electrons. The number of fused-ring (bicyclic) bond motifs is 2. The summed E-state index contributed by atoms with van der Waals surface area (Å²) < 4.78 is 1.39. The third-order valence-electron chi connectivity index (χ3n) is 6.42. The van der Waals surface area contributed by atoms with Gasteiger partial charge in [-0.15, -0.1) is 11.3 Å². The first-order valence-electron chi connectivity index (χ1n) is 11.4. The highest BCUT2D eigenvalue weighted by Crippen LogP contribution is 2.54. The zero-order valence-electron chi connectivity index (χ0n) is 19.3. The average molecular weight is 603 g/mol. The van der Waals surface area contributed by atoms with Gasteiger partial charge in [0, 0.05) is 21.4 Å². The summed E-state index contributed by atoms with van der Waals surface area (Å²) in [6.45, 7) is -0.253. The number of hydrogen-bond donors (Lipinski definition) is 1. The number of thiazole rings is 1. The van der Waals surface area contributed by atoms with E-state index in [0.717, 1.165) is 16.2 Å². The number of hydrogen-bond acceptors (Lipinski definition) is 7. The highest BCUT2D eigenvalue weighted by Gasteiger charge is 2.57. The van der Waals surface area contributed by atoms with Crippen LogP contribution in [0.25, 0.3) is 0 Å². The van der Waals surface area contributed by atoms with Crippen molar-refractivity contribution in [1.29, 1.82) is 0 Å². The Labute approximate surface area is 239 Å². The predicted octanol–water partition coefficient (Wildman–Crippen LogP) is 5.71. The van der Waals surface area contributed by atoms with Gasteiger partial charge in [-0.25, -0.2) is 4.90 Å². The number of anilines is 2. The number of thiophene rings is 1. The Morgan fingerprint density at radius 1 is 0.947 bits per heavy atom. The van der Waals surface area contributed by atoms with Gasteiger partial charge in [0.1, 0.15) is 11.8 Å². The summed E-state index contributed by atoms with van der Waals surface area (Å²) in [4.78, 5) is 55.9. The number of benzene rings is 2. The molecular weight excluding hydrogens is 585 g/mol. The molecule has 2 aromatic heterocycles. The molecule has 3 amide bonds. The fraction of sp³-hybridized carbons (Fsp3) is 0.154. The number of carbonyl (C=O) groups is 3. The Morgan fingerprint density at radius 2 is 1.74 bits per heavy atom. The molecule has 0 aliphatic carbocycles. The van der Waals surface area contributed by atoms with E-state index in [1.807, 2.05) is 23.6 Å². The number of nitrogens with one attached hydrogen (secondary N) is 1. The highest BCUT2D eigenvalue weighted by molar-refractivity contribution is 8.00. The molecule has 0 spiro atoms. The minimum Gasteiger partial charge on any atom is -0.324 e. The number of thioether (sulfide) groups is 1. The molecule has 6 rings (SSSR count). The summed E-state index contributed by atoms with van der Waals surface area (Å²) in [7, 11) is 0. The van der Waals surface area contributed by atoms with Crippen molar-refractivity contribution >= 4 is 86.7 Å². The van der Waals surface area contributed by atoms with Gasteiger partial charge in [0.15, 0.2) is 0 Å². The van der Waals surface area contributed by atoms with Crippen LogP contribution in [-0.4, -0.2) is 27.5 Å². The molecule has 0 bridgehead atoms. The number of halogens is 2. The van der Waals surface area contributed by atoms with Crippen molar-refractivity contribution in [3.63, 3.8) is 0 Å². The number of imide groups is 1. The first-order chi connectivity index (χ1) is 18.3. The number of rotatable bonds is 5. The molecule has 1 saturated heterocycles. The predicted molar refractivity (Wildman–Crippen MR) is 152 cm³/mol. The summed E-state index contributed by atoms with van der Waals surface area (Å²) in [5.41, 5.74) is 0.963. The Bertz CT molecular complexity index is 1640. The monoisotopic (exact) mass is 601 g/mol. The molecule has 0 radical (unpaired) electrons. The fourth-order valence-electron chi connectivity index (χ4n) is 4.78. The van der Waals surface area contributed by atoms with Gasteiger partial charge >= 0.3 is 4.87 Å². The van der Waals surface area contributed by atoms with Gasteiger partial charge < -0.3 is 5.32 Å². The van der Waals surface area contributed by atoms with E-state index in [4.69, 9.17) is 23.2 Å². The van der Waals surface area contributed by atoms with Gasteiger partial charge in [-0.2, -0.15) is 0 Å². The van der Waals surface area contributed by atoms with Crippen molar-refractivity contribution in [1.82, 2.24) is 4.57 Å². The first kappa shape index (κ1) is 25.4. The Kier molecular flexibility index (Phi) is 6.69. The molecule has 38 heavy (non-hydrogen) atoms. The van der Waals surface area contributed by atoms with E-state index < -0.39 is 23.0 Å². The second-order valence-corrected chi connectivity index (χ2v) is 12.6. The minimum atomic E-state index is -0.722. The lowest BCUT2D eigenvalue weighted by Gasteiger charge is -2.29. The van der Waals surface area contributed by atoms with E-state index in [9.17, 15) is 19.2 Å². The van der Waals surface area contributed by atoms with Crippen LogP contribution in [0, 0.1) is 5.92 Å². The SMILES string of the molecule is O=C(Cn1c2c(sc1=O)[C@H](c1cccs1)C1C(=O)N(c3ccccc3)C(=O)C1S2)Nc1ccc(Cl)c(Cl)c1. The van der Waals surface area contributed by atoms with Crippen LogP contribution in [0.5, 0.6) is 0 Å². The maximum atomic E-state index is 13.7. The van der Waals surface area contributed by atoms with Crippen molar-refractivity contribution in [3.05, 3.63) is 95.5 Å². The van der Waals surface area contributed by atoms with Crippen molar-refractivity contribution in [3.8, 4) is 0 Å². The Balaban J connectivity index is 1.37. The van der Waals surface area contributed by atoms with Crippen molar-refractivity contribution in [2.24, 2.45) is 5.92 Å². The molecule has 3 atom stereocenters. The number of para-hydroxylation sites is 1. The van der Waals surface area contributed by atoms with Crippen LogP contribution in [0.3, 0.4) is 0 Å². The number of carbonyl (C=O) groups excluding carboxylic acids is 3. The molecular formula is C26H17Cl2N3O4S3. The lowest BCUT2D eigenvalue weighted by Crippen LogP contribution is -2.32. The maximum Gasteiger partial charge on any atom is 0.308 e. The van der Waals surface area contributed by atoms with Crippen molar-refractivity contribution in [2.75, 3.05) is 10.2 Å². The number of amides is 3. The molecule has 1 N–H and O–H groups in total. The van der Waals surface area contributed by atoms with Gasteiger partial charge in [0.25, 0.3) is 0 Å². The summed E-state index contributed by atoms with van der Waals surface area (Å²) in [5.74, 6) is -2.16. The normalized spacial score (nSPS) is 20.4. The number of nitrogens with zero attached hydrogens (tertiary/aromatic N) is 2. The van der Waals surface area contributed by atoms with Crippen LogP contribution in [0.2, 0.25) is 10.0 Å². The lowest BCUT2D eigenvalue weighted by molar-refractivity contribution is -0.122. The topological polar surface area (TPSA) is 88.5 Å². The molecule has 0 saturated carbocycles. The van der Waals surface area contributed by atoms with Gasteiger partial charge in [-0.05, 0) is 41.8 Å². The van der Waals surface area contributed by atoms with Crippen LogP contribution >= 0.6 is 57.6 Å². The van der Waals surface area contributed by atoms with Crippen molar-refractivity contribution < 1.29 is 14.4 Å². The molecule has 12 heteroatoms. The van der Waals surface area contributed by atoms with Gasteiger partial charge in [0.05, 0.1) is 26.7 Å². The summed E-state index contributed by atoms with van der Waals surface area (Å²) in [5, 5.41) is 5.12. The number of aromatic nitrogens is 1. The molecule has 2 aromatic carbocycles. The third-order valence-corrected chi connectivity index (χ3v) is 10.7.